The van der Waals surface area contributed by atoms with Gasteiger partial charge in [0.1, 0.15) is 25.4 Å². The highest BCUT2D eigenvalue weighted by Gasteiger charge is 2.24. The lowest BCUT2D eigenvalue weighted by Gasteiger charge is -2.26. The van der Waals surface area contributed by atoms with Crippen LogP contribution < -0.4 is 14.8 Å². The zero-order valence-electron chi connectivity index (χ0n) is 17.2. The van der Waals surface area contributed by atoms with Crippen LogP contribution in [0.5, 0.6) is 11.6 Å². The van der Waals surface area contributed by atoms with Crippen molar-refractivity contribution in [1.82, 2.24) is 19.9 Å². The van der Waals surface area contributed by atoms with E-state index in [0.717, 1.165) is 16.9 Å². The third-order valence-electron chi connectivity index (χ3n) is 5.40. The summed E-state index contributed by atoms with van der Waals surface area (Å²) in [4.78, 5) is 16.6. The van der Waals surface area contributed by atoms with Crippen LogP contribution in [0, 0.1) is 18.8 Å². The number of halogens is 1. The van der Waals surface area contributed by atoms with Gasteiger partial charge in [0.05, 0.1) is 5.69 Å². The molecule has 0 aliphatic carbocycles. The van der Waals surface area contributed by atoms with Crippen molar-refractivity contribution < 1.29 is 13.9 Å². The summed E-state index contributed by atoms with van der Waals surface area (Å²) in [7, 11) is 0. The minimum atomic E-state index is -0.471. The molecule has 0 radical (unpaired) electrons. The molecule has 1 unspecified atom stereocenters. The zero-order chi connectivity index (χ0) is 21.1. The van der Waals surface area contributed by atoms with Gasteiger partial charge in [0.2, 0.25) is 5.95 Å². The van der Waals surface area contributed by atoms with E-state index in [1.54, 1.807) is 19.2 Å². The van der Waals surface area contributed by atoms with Gasteiger partial charge in [-0.1, -0.05) is 13.8 Å². The molecule has 3 aromatic heterocycles. The van der Waals surface area contributed by atoms with Crippen molar-refractivity contribution in [2.45, 2.75) is 26.7 Å². The molecule has 1 N–H and O–H groups in total. The highest BCUT2D eigenvalue weighted by molar-refractivity contribution is 5.61. The summed E-state index contributed by atoms with van der Waals surface area (Å²) in [6.45, 7) is 7.78. The maximum Gasteiger partial charge on any atom is 0.257 e. The fourth-order valence-electron chi connectivity index (χ4n) is 3.39. The first kappa shape index (κ1) is 20.0. The smallest absolute Gasteiger partial charge is 0.257 e. The molecule has 0 bridgehead atoms. The van der Waals surface area contributed by atoms with Crippen LogP contribution in [-0.2, 0) is 0 Å². The Morgan fingerprint density at radius 1 is 1.10 bits per heavy atom. The number of anilines is 1. The lowest BCUT2D eigenvalue weighted by Crippen LogP contribution is -2.21. The van der Waals surface area contributed by atoms with Gasteiger partial charge in [-0.2, -0.15) is 4.39 Å². The average molecular weight is 409 g/mol. The maximum atomic E-state index is 13.4. The standard InChI is InChI=1S/C22H24FN5O2/c1-13-8-16(11-26-21(13)23)18-9-19(28-12-27-18)25-10-14(2)15(3)17-4-5-24-22-20(17)29-6-7-30-22/h4-5,8-9,11-12,14-15H,6-7,10H2,1-3H3,(H,25,27,28)/t14-,15?/m1/s1. The van der Waals surface area contributed by atoms with Gasteiger partial charge in [0, 0.05) is 41.7 Å². The molecule has 3 aromatic rings. The third-order valence-corrected chi connectivity index (χ3v) is 5.40. The summed E-state index contributed by atoms with van der Waals surface area (Å²) in [6, 6.07) is 5.56. The zero-order valence-corrected chi connectivity index (χ0v) is 17.2. The Labute approximate surface area is 174 Å². The monoisotopic (exact) mass is 409 g/mol. The van der Waals surface area contributed by atoms with E-state index in [4.69, 9.17) is 9.47 Å². The van der Waals surface area contributed by atoms with Crippen LogP contribution in [-0.4, -0.2) is 39.7 Å². The number of pyridine rings is 2. The number of ether oxygens (including phenoxy) is 2. The van der Waals surface area contributed by atoms with E-state index in [-0.39, 0.29) is 11.8 Å². The second kappa shape index (κ2) is 8.61. The van der Waals surface area contributed by atoms with Gasteiger partial charge in [-0.05, 0) is 30.9 Å². The predicted molar refractivity (Wildman–Crippen MR) is 111 cm³/mol. The van der Waals surface area contributed by atoms with Crippen LogP contribution in [0.4, 0.5) is 10.2 Å². The van der Waals surface area contributed by atoms with Crippen LogP contribution in [0.3, 0.4) is 0 Å². The second-order valence-electron chi connectivity index (χ2n) is 7.50. The van der Waals surface area contributed by atoms with Crippen LogP contribution in [0.25, 0.3) is 11.3 Å². The Kier molecular flexibility index (Phi) is 5.74. The molecule has 0 saturated carbocycles. The first-order valence-corrected chi connectivity index (χ1v) is 9.96. The predicted octanol–water partition coefficient (Wildman–Crippen LogP) is 4.00. The van der Waals surface area contributed by atoms with Gasteiger partial charge in [-0.3, -0.25) is 0 Å². The fraction of sp³-hybridized carbons (Fsp3) is 0.364. The number of aromatic nitrogens is 4. The van der Waals surface area contributed by atoms with Crippen molar-refractivity contribution in [3.63, 3.8) is 0 Å². The first-order valence-electron chi connectivity index (χ1n) is 9.96. The molecule has 2 atom stereocenters. The topological polar surface area (TPSA) is 82.1 Å². The largest absolute Gasteiger partial charge is 0.484 e. The highest BCUT2D eigenvalue weighted by atomic mass is 19.1. The van der Waals surface area contributed by atoms with Crippen LogP contribution >= 0.6 is 0 Å². The molecule has 1 aliphatic heterocycles. The van der Waals surface area contributed by atoms with E-state index in [0.29, 0.717) is 42.7 Å². The summed E-state index contributed by atoms with van der Waals surface area (Å²) in [5.41, 5.74) is 3.01. The molecule has 0 aromatic carbocycles. The van der Waals surface area contributed by atoms with Crippen molar-refractivity contribution >= 4 is 5.82 Å². The lowest BCUT2D eigenvalue weighted by atomic mass is 9.88. The van der Waals surface area contributed by atoms with Crippen LogP contribution in [0.1, 0.15) is 30.9 Å². The number of hydrogen-bond donors (Lipinski definition) is 1. The van der Waals surface area contributed by atoms with Gasteiger partial charge < -0.3 is 14.8 Å². The molecule has 4 heterocycles. The fourth-order valence-corrected chi connectivity index (χ4v) is 3.39. The molecule has 7 nitrogen and oxygen atoms in total. The van der Waals surface area contributed by atoms with Gasteiger partial charge in [0.25, 0.3) is 5.88 Å². The van der Waals surface area contributed by atoms with Crippen molar-refractivity contribution in [1.29, 1.82) is 0 Å². The number of fused-ring (bicyclic) bond motifs is 1. The van der Waals surface area contributed by atoms with E-state index in [2.05, 4.69) is 39.1 Å². The molecule has 0 saturated heterocycles. The van der Waals surface area contributed by atoms with Crippen molar-refractivity contribution in [3.8, 4) is 22.9 Å². The molecule has 8 heteroatoms. The van der Waals surface area contributed by atoms with Crippen molar-refractivity contribution in [2.75, 3.05) is 25.1 Å². The molecule has 0 fully saturated rings. The molecular weight excluding hydrogens is 385 g/mol. The Bertz CT molecular complexity index is 1050. The quantitative estimate of drug-likeness (QED) is 0.616. The SMILES string of the molecule is Cc1cc(-c2cc(NC[C@@H](C)C(C)c3ccnc4c3OCCO4)ncn2)cnc1F. The average Bonchev–Trinajstić information content (AvgIpc) is 2.78. The summed E-state index contributed by atoms with van der Waals surface area (Å²) < 4.78 is 24.9. The van der Waals surface area contributed by atoms with Crippen molar-refractivity contribution in [2.24, 2.45) is 5.92 Å². The number of rotatable bonds is 6. The van der Waals surface area contributed by atoms with E-state index < -0.39 is 5.95 Å². The summed E-state index contributed by atoms with van der Waals surface area (Å²) >= 11 is 0. The first-order chi connectivity index (χ1) is 14.5. The molecular formula is C22H24FN5O2. The molecule has 0 spiro atoms. The van der Waals surface area contributed by atoms with Crippen LogP contribution in [0.15, 0.2) is 36.9 Å². The minimum absolute atomic E-state index is 0.223. The molecule has 1 aliphatic rings. The molecule has 0 amide bonds. The highest BCUT2D eigenvalue weighted by Crippen LogP contribution is 2.38. The van der Waals surface area contributed by atoms with Gasteiger partial charge in [-0.25, -0.2) is 19.9 Å². The third kappa shape index (κ3) is 4.17. The van der Waals surface area contributed by atoms with Crippen molar-refractivity contribution in [3.05, 3.63) is 54.0 Å². The number of nitrogens with one attached hydrogen (secondary N) is 1. The summed E-state index contributed by atoms with van der Waals surface area (Å²) in [5, 5.41) is 3.38. The van der Waals surface area contributed by atoms with Gasteiger partial charge in [0.15, 0.2) is 5.75 Å². The summed E-state index contributed by atoms with van der Waals surface area (Å²) in [6.07, 6.45) is 4.73. The van der Waals surface area contributed by atoms with E-state index in [1.165, 1.54) is 12.5 Å². The summed E-state index contributed by atoms with van der Waals surface area (Å²) in [5.74, 6) is 2.05. The Morgan fingerprint density at radius 3 is 2.77 bits per heavy atom. The van der Waals surface area contributed by atoms with E-state index in [1.807, 2.05) is 12.1 Å². The normalized spacial score (nSPS) is 14.8. The molecule has 156 valence electrons. The van der Waals surface area contributed by atoms with Gasteiger partial charge >= 0.3 is 0 Å². The number of aryl methyl sites for hydroxylation is 1. The Hall–Kier alpha value is -3.29. The van der Waals surface area contributed by atoms with Gasteiger partial charge in [-0.15, -0.1) is 0 Å². The molecule has 4 rings (SSSR count). The molecule has 30 heavy (non-hydrogen) atoms. The van der Waals surface area contributed by atoms with Crippen LogP contribution in [0.2, 0.25) is 0 Å². The van der Waals surface area contributed by atoms with E-state index in [9.17, 15) is 4.39 Å². The Balaban J connectivity index is 1.45. The minimum Gasteiger partial charge on any atom is -0.484 e. The number of hydrogen-bond acceptors (Lipinski definition) is 7. The second-order valence-corrected chi connectivity index (χ2v) is 7.50. The maximum absolute atomic E-state index is 13.4. The van der Waals surface area contributed by atoms with E-state index >= 15 is 0 Å². The Morgan fingerprint density at radius 2 is 1.93 bits per heavy atom. The lowest BCUT2D eigenvalue weighted by molar-refractivity contribution is 0.161. The number of nitrogens with zero attached hydrogens (tertiary/aromatic N) is 4.